The maximum Gasteiger partial charge on any atom is 0.134 e. The fourth-order valence-corrected chi connectivity index (χ4v) is 2.31. The molecule has 0 saturated carbocycles. The maximum absolute atomic E-state index is 5.82. The van der Waals surface area contributed by atoms with E-state index in [-0.39, 0.29) is 0 Å². The number of halogens is 1. The first kappa shape index (κ1) is 12.9. The van der Waals surface area contributed by atoms with Gasteiger partial charge in [-0.2, -0.15) is 0 Å². The lowest BCUT2D eigenvalue weighted by molar-refractivity contribution is 1.00. The van der Waals surface area contributed by atoms with E-state index in [9.17, 15) is 0 Å². The highest BCUT2D eigenvalue weighted by Gasteiger charge is 1.98. The molecule has 0 radical (unpaired) electrons. The van der Waals surface area contributed by atoms with Crippen molar-refractivity contribution in [2.24, 2.45) is 0 Å². The van der Waals surface area contributed by atoms with Crippen molar-refractivity contribution in [1.82, 2.24) is 9.97 Å². The molecule has 0 unspecified atom stereocenters. The van der Waals surface area contributed by atoms with Gasteiger partial charge in [0.05, 0.1) is 0 Å². The zero-order chi connectivity index (χ0) is 13.8. The largest absolute Gasteiger partial charge is 0.370 e. The average Bonchev–Trinajstić information content (AvgIpc) is 2.47. The lowest BCUT2D eigenvalue weighted by Crippen LogP contribution is -2.06. The minimum atomic E-state index is 0.452. The van der Waals surface area contributed by atoms with E-state index >= 15 is 0 Å². The number of aromatic nitrogens is 2. The van der Waals surface area contributed by atoms with Gasteiger partial charge in [-0.05, 0) is 22.8 Å². The van der Waals surface area contributed by atoms with Gasteiger partial charge in [0.1, 0.15) is 17.3 Å². The van der Waals surface area contributed by atoms with Gasteiger partial charge < -0.3 is 5.32 Å². The highest BCUT2D eigenvalue weighted by atomic mass is 35.5. The predicted molar refractivity (Wildman–Crippen MR) is 83.2 cm³/mol. The first-order valence-electron chi connectivity index (χ1n) is 6.50. The van der Waals surface area contributed by atoms with E-state index in [1.165, 1.54) is 22.7 Å². The molecule has 3 rings (SSSR count). The van der Waals surface area contributed by atoms with Crippen molar-refractivity contribution in [2.75, 3.05) is 11.9 Å². The van der Waals surface area contributed by atoms with Crippen LogP contribution in [-0.4, -0.2) is 16.5 Å². The van der Waals surface area contributed by atoms with Crippen LogP contribution >= 0.6 is 11.6 Å². The normalized spacial score (nSPS) is 10.7. The molecule has 20 heavy (non-hydrogen) atoms. The van der Waals surface area contributed by atoms with Crippen LogP contribution in [0.3, 0.4) is 0 Å². The summed E-state index contributed by atoms with van der Waals surface area (Å²) in [5, 5.41) is 6.24. The van der Waals surface area contributed by atoms with Gasteiger partial charge in [0.2, 0.25) is 0 Å². The number of hydrogen-bond donors (Lipinski definition) is 1. The molecule has 100 valence electrons. The molecule has 2 aromatic carbocycles. The Balaban J connectivity index is 1.65. The van der Waals surface area contributed by atoms with E-state index in [2.05, 4.69) is 57.7 Å². The Labute approximate surface area is 122 Å². The molecule has 0 fully saturated rings. The first-order valence-corrected chi connectivity index (χ1v) is 6.88. The van der Waals surface area contributed by atoms with Gasteiger partial charge in [-0.25, -0.2) is 9.97 Å². The quantitative estimate of drug-likeness (QED) is 0.737. The minimum Gasteiger partial charge on any atom is -0.370 e. The van der Waals surface area contributed by atoms with Crippen LogP contribution in [0.2, 0.25) is 5.15 Å². The summed E-state index contributed by atoms with van der Waals surface area (Å²) < 4.78 is 0. The van der Waals surface area contributed by atoms with Crippen LogP contribution in [0.5, 0.6) is 0 Å². The van der Waals surface area contributed by atoms with E-state index in [1.54, 1.807) is 6.07 Å². The minimum absolute atomic E-state index is 0.452. The third-order valence-corrected chi connectivity index (χ3v) is 3.37. The molecule has 0 bridgehead atoms. The SMILES string of the molecule is Clc1cc(NCCc2ccc3ccccc3c2)ncn1. The Morgan fingerprint density at radius 2 is 1.80 bits per heavy atom. The van der Waals surface area contributed by atoms with E-state index < -0.39 is 0 Å². The number of nitrogens with one attached hydrogen (secondary N) is 1. The van der Waals surface area contributed by atoms with Gasteiger partial charge in [-0.15, -0.1) is 0 Å². The van der Waals surface area contributed by atoms with Gasteiger partial charge in [0, 0.05) is 12.6 Å². The number of anilines is 1. The number of hydrogen-bond acceptors (Lipinski definition) is 3. The molecule has 0 aliphatic rings. The van der Waals surface area contributed by atoms with Crippen molar-refractivity contribution in [3.8, 4) is 0 Å². The van der Waals surface area contributed by atoms with E-state index in [1.807, 2.05) is 0 Å². The molecular weight excluding hydrogens is 270 g/mol. The second-order valence-electron chi connectivity index (χ2n) is 4.58. The van der Waals surface area contributed by atoms with Crippen molar-refractivity contribution in [3.63, 3.8) is 0 Å². The summed E-state index contributed by atoms with van der Waals surface area (Å²) in [4.78, 5) is 7.97. The second-order valence-corrected chi connectivity index (χ2v) is 4.97. The van der Waals surface area contributed by atoms with Crippen molar-refractivity contribution < 1.29 is 0 Å². The highest BCUT2D eigenvalue weighted by molar-refractivity contribution is 6.29. The predicted octanol–water partition coefficient (Wildman–Crippen LogP) is 3.94. The third kappa shape index (κ3) is 3.06. The molecule has 0 atom stereocenters. The van der Waals surface area contributed by atoms with Crippen LogP contribution in [0.4, 0.5) is 5.82 Å². The molecule has 3 nitrogen and oxygen atoms in total. The van der Waals surface area contributed by atoms with Crippen LogP contribution in [0, 0.1) is 0 Å². The second kappa shape index (κ2) is 5.88. The average molecular weight is 284 g/mol. The standard InChI is InChI=1S/C16H14ClN3/c17-15-10-16(20-11-19-15)18-8-7-12-5-6-13-3-1-2-4-14(13)9-12/h1-6,9-11H,7-8H2,(H,18,19,20). The van der Waals surface area contributed by atoms with E-state index in [0.29, 0.717) is 5.15 Å². The van der Waals surface area contributed by atoms with Gasteiger partial charge >= 0.3 is 0 Å². The maximum atomic E-state index is 5.82. The molecule has 0 amide bonds. The fraction of sp³-hybridized carbons (Fsp3) is 0.125. The summed E-state index contributed by atoms with van der Waals surface area (Å²) >= 11 is 5.82. The molecule has 0 saturated heterocycles. The van der Waals surface area contributed by atoms with Crippen LogP contribution in [0.25, 0.3) is 10.8 Å². The molecule has 1 aromatic heterocycles. The molecule has 0 spiro atoms. The molecule has 0 aliphatic heterocycles. The van der Waals surface area contributed by atoms with Crippen LogP contribution in [0.15, 0.2) is 54.9 Å². The van der Waals surface area contributed by atoms with Gasteiger partial charge in [0.25, 0.3) is 0 Å². The summed E-state index contributed by atoms with van der Waals surface area (Å²) in [6.07, 6.45) is 2.40. The Kier molecular flexibility index (Phi) is 3.79. The highest BCUT2D eigenvalue weighted by Crippen LogP contribution is 2.16. The molecular formula is C16H14ClN3. The van der Waals surface area contributed by atoms with Crippen molar-refractivity contribution >= 4 is 28.2 Å². The lowest BCUT2D eigenvalue weighted by atomic mass is 10.1. The third-order valence-electron chi connectivity index (χ3n) is 3.17. The molecule has 4 heteroatoms. The van der Waals surface area contributed by atoms with E-state index in [4.69, 9.17) is 11.6 Å². The Hall–Kier alpha value is -2.13. The van der Waals surface area contributed by atoms with Crippen molar-refractivity contribution in [1.29, 1.82) is 0 Å². The summed E-state index contributed by atoms with van der Waals surface area (Å²) in [5.74, 6) is 0.755. The molecule has 1 heterocycles. The molecule has 3 aromatic rings. The first-order chi connectivity index (χ1) is 9.81. The fourth-order valence-electron chi connectivity index (χ4n) is 2.16. The van der Waals surface area contributed by atoms with Gasteiger partial charge in [-0.3, -0.25) is 0 Å². The topological polar surface area (TPSA) is 37.8 Å². The Bertz CT molecular complexity index is 727. The van der Waals surface area contributed by atoms with Crippen molar-refractivity contribution in [3.05, 3.63) is 65.6 Å². The van der Waals surface area contributed by atoms with Gasteiger partial charge in [-0.1, -0.05) is 54.1 Å². The monoisotopic (exact) mass is 283 g/mol. The Morgan fingerprint density at radius 1 is 0.950 bits per heavy atom. The van der Waals surface area contributed by atoms with Crippen molar-refractivity contribution in [2.45, 2.75) is 6.42 Å². The van der Waals surface area contributed by atoms with Gasteiger partial charge in [0.15, 0.2) is 0 Å². The van der Waals surface area contributed by atoms with Crippen LogP contribution < -0.4 is 5.32 Å². The lowest BCUT2D eigenvalue weighted by Gasteiger charge is -2.06. The summed E-state index contributed by atoms with van der Waals surface area (Å²) in [6, 6.07) is 16.7. The zero-order valence-electron chi connectivity index (χ0n) is 10.9. The summed E-state index contributed by atoms with van der Waals surface area (Å²) in [5.41, 5.74) is 1.30. The number of fused-ring (bicyclic) bond motifs is 1. The Morgan fingerprint density at radius 3 is 2.65 bits per heavy atom. The van der Waals surface area contributed by atoms with Crippen LogP contribution in [0.1, 0.15) is 5.56 Å². The summed E-state index contributed by atoms with van der Waals surface area (Å²) in [6.45, 7) is 0.811. The molecule has 1 N–H and O–H groups in total. The van der Waals surface area contributed by atoms with E-state index in [0.717, 1.165) is 18.8 Å². The summed E-state index contributed by atoms with van der Waals surface area (Å²) in [7, 11) is 0. The molecule has 0 aliphatic carbocycles. The zero-order valence-corrected chi connectivity index (χ0v) is 11.6. The smallest absolute Gasteiger partial charge is 0.134 e. The number of benzene rings is 2. The van der Waals surface area contributed by atoms with Crippen LogP contribution in [-0.2, 0) is 6.42 Å². The number of nitrogens with zero attached hydrogens (tertiary/aromatic N) is 2. The number of rotatable bonds is 4.